The van der Waals surface area contributed by atoms with Gasteiger partial charge in [0.05, 0.1) is 6.61 Å². The smallest absolute Gasteiger partial charge is 0.123 e. The van der Waals surface area contributed by atoms with Crippen LogP contribution in [0.15, 0.2) is 18.2 Å². The normalized spacial score (nSPS) is 11.1. The number of halogens is 1. The van der Waals surface area contributed by atoms with Gasteiger partial charge in [-0.3, -0.25) is 4.90 Å². The summed E-state index contributed by atoms with van der Waals surface area (Å²) in [4.78, 5) is 2.14. The molecule has 0 radical (unpaired) electrons. The summed E-state index contributed by atoms with van der Waals surface area (Å²) in [6, 6.07) is 4.86. The molecule has 90 valence electrons. The fourth-order valence-corrected chi connectivity index (χ4v) is 1.78. The van der Waals surface area contributed by atoms with Gasteiger partial charge in [-0.15, -0.1) is 0 Å². The molecular formula is C13H20FNO. The Balaban J connectivity index is 2.71. The Morgan fingerprint density at radius 3 is 2.69 bits per heavy atom. The summed E-state index contributed by atoms with van der Waals surface area (Å²) in [6.07, 6.45) is 1.04. The molecule has 2 nitrogen and oxygen atoms in total. The van der Waals surface area contributed by atoms with Gasteiger partial charge in [0.25, 0.3) is 0 Å². The Labute approximate surface area is 96.7 Å². The van der Waals surface area contributed by atoms with Crippen molar-refractivity contribution in [2.24, 2.45) is 0 Å². The summed E-state index contributed by atoms with van der Waals surface area (Å²) in [5.74, 6) is -0.193. The molecule has 16 heavy (non-hydrogen) atoms. The van der Waals surface area contributed by atoms with E-state index in [1.54, 1.807) is 12.1 Å². The average molecular weight is 225 g/mol. The van der Waals surface area contributed by atoms with E-state index >= 15 is 0 Å². The van der Waals surface area contributed by atoms with E-state index in [2.05, 4.69) is 11.8 Å². The van der Waals surface area contributed by atoms with Gasteiger partial charge in [-0.05, 0) is 43.1 Å². The van der Waals surface area contributed by atoms with E-state index in [0.717, 1.165) is 24.1 Å². The molecule has 0 heterocycles. The van der Waals surface area contributed by atoms with Gasteiger partial charge >= 0.3 is 0 Å². The zero-order chi connectivity index (χ0) is 12.0. The standard InChI is InChI=1S/C13H20FNO/c1-3-6-15(7-8-16)10-12-9-13(14)5-4-11(12)2/h4-5,9,16H,3,6-8,10H2,1-2H3. The molecular weight excluding hydrogens is 205 g/mol. The second-order valence-corrected chi connectivity index (χ2v) is 4.07. The molecule has 0 amide bonds. The molecule has 0 aliphatic carbocycles. The van der Waals surface area contributed by atoms with Crippen molar-refractivity contribution in [2.45, 2.75) is 26.8 Å². The maximum atomic E-state index is 13.1. The molecule has 0 unspecified atom stereocenters. The van der Waals surface area contributed by atoms with E-state index in [4.69, 9.17) is 5.11 Å². The van der Waals surface area contributed by atoms with Crippen molar-refractivity contribution >= 4 is 0 Å². The van der Waals surface area contributed by atoms with E-state index < -0.39 is 0 Å². The summed E-state index contributed by atoms with van der Waals surface area (Å²) >= 11 is 0. The molecule has 0 aromatic heterocycles. The Kier molecular flexibility index (Phi) is 5.43. The van der Waals surface area contributed by atoms with Crippen LogP contribution in [0.1, 0.15) is 24.5 Å². The minimum Gasteiger partial charge on any atom is -0.395 e. The number of rotatable bonds is 6. The third-order valence-corrected chi connectivity index (χ3v) is 2.66. The highest BCUT2D eigenvalue weighted by Crippen LogP contribution is 2.13. The molecule has 1 aromatic rings. The lowest BCUT2D eigenvalue weighted by Gasteiger charge is -2.21. The largest absolute Gasteiger partial charge is 0.395 e. The van der Waals surface area contributed by atoms with Crippen LogP contribution in [-0.2, 0) is 6.54 Å². The van der Waals surface area contributed by atoms with Gasteiger partial charge in [0, 0.05) is 13.1 Å². The molecule has 0 spiro atoms. The summed E-state index contributed by atoms with van der Waals surface area (Å²) in [5.41, 5.74) is 2.10. The van der Waals surface area contributed by atoms with Crippen LogP contribution in [-0.4, -0.2) is 29.7 Å². The van der Waals surface area contributed by atoms with Crippen molar-refractivity contribution in [1.82, 2.24) is 4.90 Å². The van der Waals surface area contributed by atoms with Gasteiger partial charge in [0.1, 0.15) is 5.82 Å². The number of benzene rings is 1. The molecule has 0 atom stereocenters. The Morgan fingerprint density at radius 1 is 1.31 bits per heavy atom. The zero-order valence-electron chi connectivity index (χ0n) is 10.0. The number of hydrogen-bond donors (Lipinski definition) is 1. The van der Waals surface area contributed by atoms with E-state index in [1.165, 1.54) is 6.07 Å². The van der Waals surface area contributed by atoms with Crippen LogP contribution in [0, 0.1) is 12.7 Å². The van der Waals surface area contributed by atoms with Gasteiger partial charge in [-0.2, -0.15) is 0 Å². The predicted octanol–water partition coefficient (Wildman–Crippen LogP) is 2.34. The number of aliphatic hydroxyl groups is 1. The summed E-state index contributed by atoms with van der Waals surface area (Å²) in [5, 5.41) is 8.95. The average Bonchev–Trinajstić information content (AvgIpc) is 2.24. The summed E-state index contributed by atoms with van der Waals surface area (Å²) < 4.78 is 13.1. The lowest BCUT2D eigenvalue weighted by Crippen LogP contribution is -2.27. The molecule has 1 N–H and O–H groups in total. The third kappa shape index (κ3) is 3.91. The van der Waals surface area contributed by atoms with Gasteiger partial charge in [0.15, 0.2) is 0 Å². The van der Waals surface area contributed by atoms with Crippen LogP contribution in [0.4, 0.5) is 4.39 Å². The second kappa shape index (κ2) is 6.61. The number of nitrogens with zero attached hydrogens (tertiary/aromatic N) is 1. The van der Waals surface area contributed by atoms with Gasteiger partial charge in [0.2, 0.25) is 0 Å². The van der Waals surface area contributed by atoms with Crippen LogP contribution in [0.2, 0.25) is 0 Å². The van der Waals surface area contributed by atoms with Crippen LogP contribution in [0.3, 0.4) is 0 Å². The van der Waals surface area contributed by atoms with E-state index in [-0.39, 0.29) is 12.4 Å². The lowest BCUT2D eigenvalue weighted by atomic mass is 10.1. The lowest BCUT2D eigenvalue weighted by molar-refractivity contribution is 0.190. The minimum absolute atomic E-state index is 0.147. The molecule has 0 fully saturated rings. The Bertz CT molecular complexity index is 322. The number of hydrogen-bond acceptors (Lipinski definition) is 2. The SMILES string of the molecule is CCCN(CCO)Cc1cc(F)ccc1C. The summed E-state index contributed by atoms with van der Waals surface area (Å²) in [6.45, 7) is 6.51. The Morgan fingerprint density at radius 2 is 2.06 bits per heavy atom. The quantitative estimate of drug-likeness (QED) is 0.803. The monoisotopic (exact) mass is 225 g/mol. The minimum atomic E-state index is -0.193. The zero-order valence-corrected chi connectivity index (χ0v) is 10.0. The molecule has 1 rings (SSSR count). The number of aliphatic hydroxyl groups excluding tert-OH is 1. The number of aryl methyl sites for hydroxylation is 1. The van der Waals surface area contributed by atoms with E-state index in [0.29, 0.717) is 13.1 Å². The van der Waals surface area contributed by atoms with Crippen molar-refractivity contribution in [3.63, 3.8) is 0 Å². The molecule has 0 bridgehead atoms. The maximum Gasteiger partial charge on any atom is 0.123 e. The first kappa shape index (κ1) is 13.1. The molecule has 0 aliphatic heterocycles. The van der Waals surface area contributed by atoms with E-state index in [9.17, 15) is 4.39 Å². The first-order valence-corrected chi connectivity index (χ1v) is 5.75. The van der Waals surface area contributed by atoms with Crippen molar-refractivity contribution in [3.05, 3.63) is 35.1 Å². The molecule has 1 aromatic carbocycles. The van der Waals surface area contributed by atoms with E-state index in [1.807, 2.05) is 6.92 Å². The highest BCUT2D eigenvalue weighted by atomic mass is 19.1. The highest BCUT2D eigenvalue weighted by molar-refractivity contribution is 5.26. The van der Waals surface area contributed by atoms with Crippen LogP contribution < -0.4 is 0 Å². The van der Waals surface area contributed by atoms with Crippen molar-refractivity contribution in [3.8, 4) is 0 Å². The predicted molar refractivity (Wildman–Crippen MR) is 63.8 cm³/mol. The molecule has 0 saturated carbocycles. The van der Waals surface area contributed by atoms with Crippen LogP contribution in [0.25, 0.3) is 0 Å². The molecule has 0 saturated heterocycles. The van der Waals surface area contributed by atoms with Crippen molar-refractivity contribution < 1.29 is 9.50 Å². The topological polar surface area (TPSA) is 23.5 Å². The second-order valence-electron chi connectivity index (χ2n) is 4.07. The van der Waals surface area contributed by atoms with Gasteiger partial charge < -0.3 is 5.11 Å². The first-order valence-electron chi connectivity index (χ1n) is 5.75. The third-order valence-electron chi connectivity index (χ3n) is 2.66. The fraction of sp³-hybridized carbons (Fsp3) is 0.538. The Hall–Kier alpha value is -0.930. The highest BCUT2D eigenvalue weighted by Gasteiger charge is 2.07. The van der Waals surface area contributed by atoms with Gasteiger partial charge in [-0.1, -0.05) is 13.0 Å². The summed E-state index contributed by atoms with van der Waals surface area (Å²) in [7, 11) is 0. The van der Waals surface area contributed by atoms with Crippen molar-refractivity contribution in [2.75, 3.05) is 19.7 Å². The molecule has 3 heteroatoms. The van der Waals surface area contributed by atoms with Crippen molar-refractivity contribution in [1.29, 1.82) is 0 Å². The fourth-order valence-electron chi connectivity index (χ4n) is 1.78. The first-order chi connectivity index (χ1) is 7.67. The molecule has 0 aliphatic rings. The van der Waals surface area contributed by atoms with Crippen LogP contribution in [0.5, 0.6) is 0 Å². The van der Waals surface area contributed by atoms with Crippen LogP contribution >= 0.6 is 0 Å². The van der Waals surface area contributed by atoms with Gasteiger partial charge in [-0.25, -0.2) is 4.39 Å². The maximum absolute atomic E-state index is 13.1.